The molecule has 1 saturated heterocycles. The molecule has 43 heavy (non-hydrogen) atoms. The Bertz CT molecular complexity index is 1670. The summed E-state index contributed by atoms with van der Waals surface area (Å²) in [5, 5.41) is 6.38. The van der Waals surface area contributed by atoms with Gasteiger partial charge in [0, 0.05) is 44.0 Å². The predicted molar refractivity (Wildman–Crippen MR) is 147 cm³/mol. The zero-order chi connectivity index (χ0) is 31.1. The standard InChI is InChI=1S/C27H28F4N6O5S/c1-3-42-26(39)37-23-16-36(43(40,41)19-6-4-5-17(28)13-19)15-21(23)24(33-37)32-25(38)20-8-7-18(14-22(20)27(29,30)31)35-11-9-34(2)10-12-35/h4-8,13-14H,3,9-12,15-16H2,1-2H3,(H,32,33,38). The topological polar surface area (TPSA) is 117 Å². The first-order chi connectivity index (χ1) is 20.3. The van der Waals surface area contributed by atoms with Crippen LogP contribution in [0.3, 0.4) is 0 Å². The molecule has 1 amide bonds. The lowest BCUT2D eigenvalue weighted by Gasteiger charge is -2.34. The molecule has 3 aromatic rings. The molecule has 11 nitrogen and oxygen atoms in total. The first kappa shape index (κ1) is 30.4. The van der Waals surface area contributed by atoms with E-state index in [-0.39, 0.29) is 35.1 Å². The molecule has 0 saturated carbocycles. The van der Waals surface area contributed by atoms with E-state index in [1.807, 2.05) is 7.05 Å². The van der Waals surface area contributed by atoms with Crippen LogP contribution in [0.5, 0.6) is 0 Å². The number of halogens is 4. The first-order valence-electron chi connectivity index (χ1n) is 13.3. The van der Waals surface area contributed by atoms with Crippen molar-refractivity contribution in [1.82, 2.24) is 19.0 Å². The summed E-state index contributed by atoms with van der Waals surface area (Å²) in [5.74, 6) is -2.23. The van der Waals surface area contributed by atoms with Crippen LogP contribution in [0, 0.1) is 5.82 Å². The highest BCUT2D eigenvalue weighted by molar-refractivity contribution is 7.89. The third kappa shape index (κ3) is 6.07. The van der Waals surface area contributed by atoms with Gasteiger partial charge in [0.2, 0.25) is 10.0 Å². The van der Waals surface area contributed by atoms with E-state index in [9.17, 15) is 35.6 Å². The quantitative estimate of drug-likeness (QED) is 0.413. The van der Waals surface area contributed by atoms with Crippen LogP contribution in [0.4, 0.5) is 33.9 Å². The van der Waals surface area contributed by atoms with Gasteiger partial charge in [-0.3, -0.25) is 4.79 Å². The van der Waals surface area contributed by atoms with E-state index in [1.54, 1.807) is 4.90 Å². The summed E-state index contributed by atoms with van der Waals surface area (Å²) in [7, 11) is -2.35. The van der Waals surface area contributed by atoms with E-state index in [0.29, 0.717) is 31.9 Å². The predicted octanol–water partition coefficient (Wildman–Crippen LogP) is 3.75. The van der Waals surface area contributed by atoms with E-state index in [1.165, 1.54) is 25.1 Å². The molecule has 16 heteroatoms. The first-order valence-corrected chi connectivity index (χ1v) is 14.7. The number of hydrogen-bond acceptors (Lipinski definition) is 8. The van der Waals surface area contributed by atoms with Crippen molar-refractivity contribution < 1.29 is 40.3 Å². The van der Waals surface area contributed by atoms with Crippen LogP contribution in [0.1, 0.15) is 34.1 Å². The molecule has 1 N–H and O–H groups in total. The lowest BCUT2D eigenvalue weighted by Crippen LogP contribution is -2.44. The van der Waals surface area contributed by atoms with Gasteiger partial charge in [-0.25, -0.2) is 17.6 Å². The third-order valence-electron chi connectivity index (χ3n) is 7.28. The normalized spacial score (nSPS) is 16.3. The lowest BCUT2D eigenvalue weighted by molar-refractivity contribution is -0.137. The fourth-order valence-electron chi connectivity index (χ4n) is 5.00. The maximum atomic E-state index is 14.2. The third-order valence-corrected chi connectivity index (χ3v) is 9.07. The molecule has 2 aliphatic heterocycles. The number of amides is 1. The summed E-state index contributed by atoms with van der Waals surface area (Å²) in [6, 6.07) is 7.78. The molecule has 2 aliphatic rings. The second-order valence-electron chi connectivity index (χ2n) is 10.1. The number of ether oxygens (including phenoxy) is 1. The Labute approximate surface area is 244 Å². The number of fused-ring (bicyclic) bond motifs is 1. The number of carbonyl (C=O) groups is 2. The number of anilines is 2. The Morgan fingerprint density at radius 3 is 2.42 bits per heavy atom. The average Bonchev–Trinajstić information content (AvgIpc) is 3.54. The number of likely N-dealkylation sites (N-methyl/N-ethyl adjacent to an activating group) is 1. The highest BCUT2D eigenvalue weighted by Crippen LogP contribution is 2.37. The van der Waals surface area contributed by atoms with E-state index >= 15 is 0 Å². The second kappa shape index (κ2) is 11.6. The molecular formula is C27H28F4N6O5S. The zero-order valence-electron chi connectivity index (χ0n) is 23.2. The number of sulfonamides is 1. The van der Waals surface area contributed by atoms with E-state index in [2.05, 4.69) is 15.3 Å². The monoisotopic (exact) mass is 624 g/mol. The van der Waals surface area contributed by atoms with Gasteiger partial charge in [0.05, 0.1) is 34.9 Å². The van der Waals surface area contributed by atoms with Crippen molar-refractivity contribution in [3.05, 3.63) is 70.7 Å². The molecule has 5 rings (SSSR count). The van der Waals surface area contributed by atoms with Crippen LogP contribution in [0.15, 0.2) is 47.4 Å². The van der Waals surface area contributed by atoms with Crippen molar-refractivity contribution in [3.8, 4) is 0 Å². The van der Waals surface area contributed by atoms with E-state index in [4.69, 9.17) is 4.74 Å². The second-order valence-corrected chi connectivity index (χ2v) is 12.0. The highest BCUT2D eigenvalue weighted by Gasteiger charge is 2.39. The van der Waals surface area contributed by atoms with E-state index < -0.39 is 51.7 Å². The van der Waals surface area contributed by atoms with Gasteiger partial charge in [0.1, 0.15) is 5.82 Å². The maximum Gasteiger partial charge on any atom is 0.435 e. The maximum absolute atomic E-state index is 14.2. The number of rotatable bonds is 6. The Hall–Kier alpha value is -4.02. The molecule has 2 aromatic carbocycles. The average molecular weight is 625 g/mol. The zero-order valence-corrected chi connectivity index (χ0v) is 24.0. The van der Waals surface area contributed by atoms with Gasteiger partial charge in [0.15, 0.2) is 5.82 Å². The SMILES string of the molecule is CCOC(=O)n1nc(NC(=O)c2ccc(N3CCN(C)CC3)cc2C(F)(F)F)c2c1CN(S(=O)(=O)c1cccc(F)c1)C2. The van der Waals surface area contributed by atoms with Gasteiger partial charge in [-0.05, 0) is 50.4 Å². The van der Waals surface area contributed by atoms with Crippen LogP contribution in [-0.2, 0) is 34.0 Å². The van der Waals surface area contributed by atoms with Crippen molar-refractivity contribution in [2.45, 2.75) is 31.1 Å². The number of alkyl halides is 3. The van der Waals surface area contributed by atoms with Crippen LogP contribution in [-0.4, -0.2) is 79.2 Å². The van der Waals surface area contributed by atoms with Gasteiger partial charge in [-0.1, -0.05) is 6.07 Å². The number of nitrogens with zero attached hydrogens (tertiary/aromatic N) is 5. The smallest absolute Gasteiger partial charge is 0.435 e. The molecule has 0 bridgehead atoms. The van der Waals surface area contributed by atoms with Crippen molar-refractivity contribution in [3.63, 3.8) is 0 Å². The number of carbonyl (C=O) groups excluding carboxylic acids is 2. The number of piperazine rings is 1. The molecule has 0 spiro atoms. The molecule has 0 radical (unpaired) electrons. The van der Waals surface area contributed by atoms with Crippen LogP contribution in [0.2, 0.25) is 0 Å². The van der Waals surface area contributed by atoms with Gasteiger partial charge >= 0.3 is 12.3 Å². The lowest BCUT2D eigenvalue weighted by atomic mass is 10.0. The van der Waals surface area contributed by atoms with Crippen LogP contribution in [0.25, 0.3) is 0 Å². The number of benzene rings is 2. The van der Waals surface area contributed by atoms with Gasteiger partial charge in [-0.15, -0.1) is 5.10 Å². The fourth-order valence-corrected chi connectivity index (χ4v) is 6.40. The summed E-state index contributed by atoms with van der Waals surface area (Å²) < 4.78 is 89.4. The number of nitrogens with one attached hydrogen (secondary N) is 1. The van der Waals surface area contributed by atoms with Gasteiger partial charge in [0.25, 0.3) is 5.91 Å². The molecule has 0 unspecified atom stereocenters. The van der Waals surface area contributed by atoms with Crippen LogP contribution < -0.4 is 10.2 Å². The fraction of sp³-hybridized carbons (Fsp3) is 0.370. The molecule has 1 fully saturated rings. The Kier molecular flexibility index (Phi) is 8.20. The summed E-state index contributed by atoms with van der Waals surface area (Å²) in [5.41, 5.74) is -1.37. The minimum atomic E-state index is -4.86. The largest absolute Gasteiger partial charge is 0.448 e. The van der Waals surface area contributed by atoms with Gasteiger partial charge < -0.3 is 19.9 Å². The Balaban J connectivity index is 1.47. The minimum Gasteiger partial charge on any atom is -0.448 e. The Morgan fingerprint density at radius 2 is 1.77 bits per heavy atom. The number of aromatic nitrogens is 2. The molecule has 0 aliphatic carbocycles. The van der Waals surface area contributed by atoms with E-state index in [0.717, 1.165) is 33.3 Å². The van der Waals surface area contributed by atoms with Crippen molar-refractivity contribution in [2.75, 3.05) is 50.1 Å². The van der Waals surface area contributed by atoms with Crippen LogP contribution >= 0.6 is 0 Å². The molecule has 0 atom stereocenters. The van der Waals surface area contributed by atoms with Crippen molar-refractivity contribution in [1.29, 1.82) is 0 Å². The summed E-state index contributed by atoms with van der Waals surface area (Å²) >= 11 is 0. The molecule has 3 heterocycles. The summed E-state index contributed by atoms with van der Waals surface area (Å²) in [4.78, 5) is 29.4. The van der Waals surface area contributed by atoms with Crippen molar-refractivity contribution >= 4 is 33.5 Å². The Morgan fingerprint density at radius 1 is 1.05 bits per heavy atom. The molecular weight excluding hydrogens is 596 g/mol. The number of hydrogen-bond donors (Lipinski definition) is 1. The molecule has 230 valence electrons. The summed E-state index contributed by atoms with van der Waals surface area (Å²) in [6.45, 7) is 3.09. The summed E-state index contributed by atoms with van der Waals surface area (Å²) in [6.07, 6.45) is -5.84. The molecule has 1 aromatic heterocycles. The highest BCUT2D eigenvalue weighted by atomic mass is 32.2. The minimum absolute atomic E-state index is 0.0466. The van der Waals surface area contributed by atoms with Gasteiger partial charge in [-0.2, -0.15) is 22.2 Å². The van der Waals surface area contributed by atoms with Crippen molar-refractivity contribution in [2.24, 2.45) is 0 Å².